The van der Waals surface area contributed by atoms with Crippen molar-refractivity contribution < 1.29 is 14.5 Å². The number of carbonyl (C=O) groups excluding carboxylic acids is 1. The molecule has 8 heteroatoms. The maximum absolute atomic E-state index is 12.7. The number of anilines is 3. The van der Waals surface area contributed by atoms with Crippen molar-refractivity contribution in [2.45, 2.75) is 19.3 Å². The Morgan fingerprint density at radius 3 is 2.72 bits per heavy atom. The van der Waals surface area contributed by atoms with Gasteiger partial charge in [0.05, 0.1) is 17.7 Å². The second kappa shape index (κ2) is 7.98. The molecule has 0 spiro atoms. The molecule has 2 heterocycles. The minimum absolute atomic E-state index is 0.0383. The van der Waals surface area contributed by atoms with Crippen LogP contribution in [-0.2, 0) is 11.2 Å². The second-order valence-electron chi connectivity index (χ2n) is 7.34. The number of amides is 1. The number of carbonyl (C=O) groups is 1. The third-order valence-corrected chi connectivity index (χ3v) is 5.70. The summed E-state index contributed by atoms with van der Waals surface area (Å²) in [6.07, 6.45) is 2.07. The van der Waals surface area contributed by atoms with Crippen LogP contribution in [0.25, 0.3) is 0 Å². The Hall–Kier alpha value is -3.29. The summed E-state index contributed by atoms with van der Waals surface area (Å²) in [4.78, 5) is 26.1. The molecule has 4 rings (SSSR count). The van der Waals surface area contributed by atoms with Crippen molar-refractivity contribution in [1.82, 2.24) is 0 Å². The van der Waals surface area contributed by atoms with Crippen LogP contribution in [0.3, 0.4) is 0 Å². The first kappa shape index (κ1) is 19.0. The third kappa shape index (κ3) is 3.70. The van der Waals surface area contributed by atoms with Crippen LogP contribution < -0.4 is 20.3 Å². The zero-order chi connectivity index (χ0) is 20.4. The first-order valence-corrected chi connectivity index (χ1v) is 9.81. The number of hydrogen-bond donors (Lipinski definition) is 2. The number of nitro groups is 1. The molecule has 0 saturated carbocycles. The fraction of sp³-hybridized carbons (Fsp3) is 0.381. The van der Waals surface area contributed by atoms with Gasteiger partial charge in [-0.2, -0.15) is 0 Å². The number of ether oxygens (including phenoxy) is 1. The van der Waals surface area contributed by atoms with E-state index >= 15 is 0 Å². The highest BCUT2D eigenvalue weighted by Crippen LogP contribution is 2.41. The van der Waals surface area contributed by atoms with Gasteiger partial charge in [0.15, 0.2) is 0 Å². The largest absolute Gasteiger partial charge is 0.495 e. The van der Waals surface area contributed by atoms with Gasteiger partial charge in [0.25, 0.3) is 5.69 Å². The number of hydrogen-bond acceptors (Lipinski definition) is 6. The van der Waals surface area contributed by atoms with Gasteiger partial charge in [-0.15, -0.1) is 0 Å². The lowest BCUT2D eigenvalue weighted by atomic mass is 9.94. The molecule has 0 unspecified atom stereocenters. The van der Waals surface area contributed by atoms with E-state index in [0.29, 0.717) is 43.1 Å². The normalized spacial score (nSPS) is 16.1. The Morgan fingerprint density at radius 2 is 2.00 bits per heavy atom. The summed E-state index contributed by atoms with van der Waals surface area (Å²) >= 11 is 0. The first-order valence-electron chi connectivity index (χ1n) is 9.81. The lowest BCUT2D eigenvalue weighted by Crippen LogP contribution is -2.38. The Morgan fingerprint density at radius 1 is 1.24 bits per heavy atom. The van der Waals surface area contributed by atoms with Crippen LogP contribution >= 0.6 is 0 Å². The smallest absolute Gasteiger partial charge is 0.292 e. The van der Waals surface area contributed by atoms with E-state index in [9.17, 15) is 14.9 Å². The summed E-state index contributed by atoms with van der Waals surface area (Å²) in [5.74, 6) is 0.454. The Bertz CT molecular complexity index is 938. The van der Waals surface area contributed by atoms with E-state index in [1.807, 2.05) is 18.2 Å². The highest BCUT2D eigenvalue weighted by atomic mass is 16.6. The van der Waals surface area contributed by atoms with Gasteiger partial charge in [0.2, 0.25) is 5.91 Å². The molecular formula is C21H24N4O4. The van der Waals surface area contributed by atoms with Crippen LogP contribution in [0.1, 0.15) is 18.4 Å². The highest BCUT2D eigenvalue weighted by Gasteiger charge is 2.32. The van der Waals surface area contributed by atoms with Crippen LogP contribution in [0.4, 0.5) is 22.7 Å². The SMILES string of the molecule is COc1ccccc1NC(=O)C1CCN(c2c([N+](=O)[O-])ccc3c2CCN3)CC1. The van der Waals surface area contributed by atoms with Gasteiger partial charge in [-0.25, -0.2) is 0 Å². The number of rotatable bonds is 5. The predicted octanol–water partition coefficient (Wildman–Crippen LogP) is 3.43. The van der Waals surface area contributed by atoms with Crippen molar-refractivity contribution in [2.75, 3.05) is 42.3 Å². The molecule has 1 fully saturated rings. The number of nitrogens with zero attached hydrogens (tertiary/aromatic N) is 2. The molecule has 2 N–H and O–H groups in total. The van der Waals surface area contributed by atoms with E-state index in [4.69, 9.17) is 4.74 Å². The number of para-hydroxylation sites is 2. The molecule has 2 aromatic carbocycles. The van der Waals surface area contributed by atoms with Gasteiger partial charge >= 0.3 is 0 Å². The molecule has 0 atom stereocenters. The number of nitro benzene ring substituents is 1. The van der Waals surface area contributed by atoms with E-state index < -0.39 is 0 Å². The number of benzene rings is 2. The molecule has 29 heavy (non-hydrogen) atoms. The molecule has 2 aliphatic heterocycles. The maximum atomic E-state index is 12.7. The highest BCUT2D eigenvalue weighted by molar-refractivity contribution is 5.94. The van der Waals surface area contributed by atoms with Crippen molar-refractivity contribution in [3.8, 4) is 5.75 Å². The van der Waals surface area contributed by atoms with Crippen LogP contribution in [0, 0.1) is 16.0 Å². The number of piperidine rings is 1. The maximum Gasteiger partial charge on any atom is 0.292 e. The second-order valence-corrected chi connectivity index (χ2v) is 7.34. The fourth-order valence-electron chi connectivity index (χ4n) is 4.21. The quantitative estimate of drug-likeness (QED) is 0.594. The Balaban J connectivity index is 1.47. The zero-order valence-corrected chi connectivity index (χ0v) is 16.3. The first-order chi connectivity index (χ1) is 14.1. The van der Waals surface area contributed by atoms with Crippen LogP contribution in [0.2, 0.25) is 0 Å². The number of nitrogens with one attached hydrogen (secondary N) is 2. The summed E-state index contributed by atoms with van der Waals surface area (Å²) in [6, 6.07) is 10.7. The average Bonchev–Trinajstić information content (AvgIpc) is 3.22. The Labute approximate surface area is 169 Å². The molecule has 1 amide bonds. The van der Waals surface area contributed by atoms with Crippen molar-refractivity contribution in [3.63, 3.8) is 0 Å². The standard InChI is InChI=1S/C21H24N4O4/c1-29-19-5-3-2-4-17(19)23-21(26)14-9-12-24(13-10-14)20-15-8-11-22-16(15)6-7-18(20)25(27)28/h2-7,14,22H,8-13H2,1H3,(H,23,26). The molecule has 0 aromatic heterocycles. The van der Waals surface area contributed by atoms with Crippen molar-refractivity contribution in [1.29, 1.82) is 0 Å². The summed E-state index contributed by atoms with van der Waals surface area (Å²) < 4.78 is 5.29. The molecular weight excluding hydrogens is 372 g/mol. The van der Waals surface area contributed by atoms with Crippen LogP contribution in [0.5, 0.6) is 5.75 Å². The van der Waals surface area contributed by atoms with Crippen LogP contribution in [0.15, 0.2) is 36.4 Å². The minimum Gasteiger partial charge on any atom is -0.495 e. The van der Waals surface area contributed by atoms with Crippen molar-refractivity contribution in [2.24, 2.45) is 5.92 Å². The van der Waals surface area contributed by atoms with E-state index in [0.717, 1.165) is 24.2 Å². The molecule has 1 saturated heterocycles. The summed E-state index contributed by atoms with van der Waals surface area (Å²) in [6.45, 7) is 2.02. The van der Waals surface area contributed by atoms with Crippen molar-refractivity contribution in [3.05, 3.63) is 52.1 Å². The van der Waals surface area contributed by atoms with Gasteiger partial charge in [-0.3, -0.25) is 14.9 Å². The van der Waals surface area contributed by atoms with Gasteiger partial charge in [0, 0.05) is 42.9 Å². The third-order valence-electron chi connectivity index (χ3n) is 5.70. The fourth-order valence-corrected chi connectivity index (χ4v) is 4.21. The lowest BCUT2D eigenvalue weighted by molar-refractivity contribution is -0.384. The zero-order valence-electron chi connectivity index (χ0n) is 16.3. The summed E-state index contributed by atoms with van der Waals surface area (Å²) in [5.41, 5.74) is 3.49. The van der Waals surface area contributed by atoms with E-state index in [1.54, 1.807) is 25.3 Å². The lowest BCUT2D eigenvalue weighted by Gasteiger charge is -2.33. The van der Waals surface area contributed by atoms with Crippen LogP contribution in [-0.4, -0.2) is 37.6 Å². The van der Waals surface area contributed by atoms with Gasteiger partial charge in [-0.05, 0) is 37.5 Å². The minimum atomic E-state index is -0.311. The molecule has 152 valence electrons. The summed E-state index contributed by atoms with van der Waals surface area (Å²) in [7, 11) is 1.57. The van der Waals surface area contributed by atoms with E-state index in [2.05, 4.69) is 15.5 Å². The molecule has 0 aliphatic carbocycles. The van der Waals surface area contributed by atoms with E-state index in [1.165, 1.54) is 0 Å². The molecule has 0 bridgehead atoms. The molecule has 8 nitrogen and oxygen atoms in total. The van der Waals surface area contributed by atoms with Gasteiger partial charge in [-0.1, -0.05) is 12.1 Å². The van der Waals surface area contributed by atoms with Gasteiger partial charge in [0.1, 0.15) is 11.4 Å². The molecule has 2 aliphatic rings. The van der Waals surface area contributed by atoms with Crippen molar-refractivity contribution >= 4 is 28.7 Å². The predicted molar refractivity (Wildman–Crippen MR) is 112 cm³/mol. The number of fused-ring (bicyclic) bond motifs is 1. The average molecular weight is 396 g/mol. The Kier molecular flexibility index (Phi) is 5.24. The van der Waals surface area contributed by atoms with E-state index in [-0.39, 0.29) is 22.4 Å². The monoisotopic (exact) mass is 396 g/mol. The summed E-state index contributed by atoms with van der Waals surface area (Å²) in [5, 5.41) is 17.8. The number of methoxy groups -OCH3 is 1. The van der Waals surface area contributed by atoms with Gasteiger partial charge < -0.3 is 20.3 Å². The topological polar surface area (TPSA) is 96.7 Å². The molecule has 2 aromatic rings. The molecule has 0 radical (unpaired) electrons.